The van der Waals surface area contributed by atoms with Gasteiger partial charge in [-0.15, -0.1) is 0 Å². The number of pyridine rings is 1. The fourth-order valence-electron chi connectivity index (χ4n) is 3.45. The number of nitrogens with one attached hydrogen (secondary N) is 1. The number of aliphatic hydroxyl groups is 1. The molecule has 2 N–H and O–H groups in total. The number of aromatic nitrogens is 1. The summed E-state index contributed by atoms with van der Waals surface area (Å²) in [6.07, 6.45) is -3.01. The van der Waals surface area contributed by atoms with Gasteiger partial charge in [-0.05, 0) is 35.9 Å². The number of hydrogen-bond donors (Lipinski definition) is 2. The highest BCUT2D eigenvalue weighted by atomic mass is 35.5. The summed E-state index contributed by atoms with van der Waals surface area (Å²) in [6, 6.07) is 12.4. The largest absolute Gasteiger partial charge is 0.489 e. The van der Waals surface area contributed by atoms with Crippen LogP contribution in [-0.4, -0.2) is 41.9 Å². The lowest BCUT2D eigenvalue weighted by Gasteiger charge is -2.32. The third kappa shape index (κ3) is 5.18. The van der Waals surface area contributed by atoms with Crippen LogP contribution in [0.4, 0.5) is 30.4 Å². The molecule has 0 fully saturated rings. The fourth-order valence-corrected chi connectivity index (χ4v) is 3.74. The summed E-state index contributed by atoms with van der Waals surface area (Å²) in [4.78, 5) is 19.2. The first-order valence-corrected chi connectivity index (χ1v) is 10.5. The molecule has 0 saturated heterocycles. The molecular formula is C23H19ClF3N3O4. The van der Waals surface area contributed by atoms with Crippen LogP contribution in [0.5, 0.6) is 11.5 Å². The maximum absolute atomic E-state index is 13.1. The molecule has 0 radical (unpaired) electrons. The molecule has 1 aromatic heterocycles. The van der Waals surface area contributed by atoms with Crippen LogP contribution < -0.4 is 19.7 Å². The minimum absolute atomic E-state index is 0.0892. The summed E-state index contributed by atoms with van der Waals surface area (Å²) in [5.41, 5.74) is 1.37. The molecule has 2 aromatic carbocycles. The maximum atomic E-state index is 13.1. The number of hydrogen-bond acceptors (Lipinski definition) is 6. The molecule has 7 nitrogen and oxygen atoms in total. The number of alkyl halides is 3. The molecule has 1 amide bonds. The van der Waals surface area contributed by atoms with E-state index in [0.29, 0.717) is 28.6 Å². The van der Waals surface area contributed by atoms with Gasteiger partial charge in [0.2, 0.25) is 0 Å². The predicted octanol–water partition coefficient (Wildman–Crippen LogP) is 4.95. The van der Waals surface area contributed by atoms with Gasteiger partial charge < -0.3 is 24.8 Å². The van der Waals surface area contributed by atoms with Gasteiger partial charge in [0.1, 0.15) is 12.4 Å². The van der Waals surface area contributed by atoms with Gasteiger partial charge in [0.05, 0.1) is 35.1 Å². The summed E-state index contributed by atoms with van der Waals surface area (Å²) in [5.74, 6) is 0.0211. The molecule has 1 aliphatic heterocycles. The number of rotatable bonds is 6. The molecule has 0 atom stereocenters. The smallest absolute Gasteiger partial charge is 0.422 e. The van der Waals surface area contributed by atoms with Crippen LogP contribution >= 0.6 is 11.6 Å². The van der Waals surface area contributed by atoms with Crippen LogP contribution in [0.15, 0.2) is 54.7 Å². The molecule has 0 saturated carbocycles. The summed E-state index contributed by atoms with van der Waals surface area (Å²) in [7, 11) is 0. The molecule has 4 rings (SSSR count). The van der Waals surface area contributed by atoms with E-state index in [0.717, 1.165) is 0 Å². The van der Waals surface area contributed by atoms with Crippen molar-refractivity contribution in [2.75, 3.05) is 30.0 Å². The fraction of sp³-hybridized carbons (Fsp3) is 0.217. The van der Waals surface area contributed by atoms with Gasteiger partial charge in [-0.2, -0.15) is 13.2 Å². The monoisotopic (exact) mass is 493 g/mol. The van der Waals surface area contributed by atoms with Crippen LogP contribution in [0.1, 0.15) is 15.9 Å². The van der Waals surface area contributed by atoms with Gasteiger partial charge in [0.15, 0.2) is 18.2 Å². The molecule has 0 spiro atoms. The lowest BCUT2D eigenvalue weighted by molar-refractivity contribution is -0.153. The summed E-state index contributed by atoms with van der Waals surface area (Å²) < 4.78 is 48.3. The topological polar surface area (TPSA) is 83.9 Å². The second kappa shape index (κ2) is 9.78. The number of halogens is 4. The van der Waals surface area contributed by atoms with Crippen molar-refractivity contribution in [3.63, 3.8) is 0 Å². The Balaban J connectivity index is 1.62. The normalized spacial score (nSPS) is 13.1. The third-order valence-corrected chi connectivity index (χ3v) is 5.21. The van der Waals surface area contributed by atoms with Gasteiger partial charge in [0, 0.05) is 6.20 Å². The Morgan fingerprint density at radius 2 is 2.03 bits per heavy atom. The lowest BCUT2D eigenvalue weighted by Crippen LogP contribution is -2.31. The molecule has 0 aliphatic carbocycles. The van der Waals surface area contributed by atoms with Crippen LogP contribution in [0.25, 0.3) is 0 Å². The van der Waals surface area contributed by atoms with Crippen LogP contribution in [0, 0.1) is 0 Å². The molecule has 0 unspecified atom stereocenters. The Kier molecular flexibility index (Phi) is 6.80. The summed E-state index contributed by atoms with van der Waals surface area (Å²) in [5, 5.41) is 12.2. The number of para-hydroxylation sites is 3. The Morgan fingerprint density at radius 1 is 1.24 bits per heavy atom. The van der Waals surface area contributed by atoms with E-state index < -0.39 is 18.7 Å². The first-order chi connectivity index (χ1) is 16.3. The van der Waals surface area contributed by atoms with Crippen molar-refractivity contribution in [3.8, 4) is 11.5 Å². The van der Waals surface area contributed by atoms with Crippen molar-refractivity contribution in [2.45, 2.75) is 12.8 Å². The first kappa shape index (κ1) is 23.7. The van der Waals surface area contributed by atoms with Crippen molar-refractivity contribution in [1.82, 2.24) is 4.98 Å². The van der Waals surface area contributed by atoms with E-state index >= 15 is 0 Å². The van der Waals surface area contributed by atoms with Crippen molar-refractivity contribution in [1.29, 1.82) is 0 Å². The van der Waals surface area contributed by atoms with Crippen molar-refractivity contribution in [3.05, 3.63) is 70.9 Å². The van der Waals surface area contributed by atoms with Crippen molar-refractivity contribution in [2.24, 2.45) is 0 Å². The number of carbonyl (C=O) groups excluding carboxylic acids is 1. The van der Waals surface area contributed by atoms with E-state index in [4.69, 9.17) is 21.1 Å². The molecule has 1 aliphatic rings. The molecule has 11 heteroatoms. The zero-order chi connectivity index (χ0) is 24.3. The molecule has 0 bridgehead atoms. The summed E-state index contributed by atoms with van der Waals surface area (Å²) >= 11 is 6.37. The van der Waals surface area contributed by atoms with E-state index in [1.807, 2.05) is 0 Å². The molecule has 2 heterocycles. The minimum atomic E-state index is -4.52. The first-order valence-electron chi connectivity index (χ1n) is 10.2. The molecular weight excluding hydrogens is 475 g/mol. The van der Waals surface area contributed by atoms with Gasteiger partial charge in [-0.1, -0.05) is 29.8 Å². The van der Waals surface area contributed by atoms with Gasteiger partial charge in [-0.3, -0.25) is 4.79 Å². The van der Waals surface area contributed by atoms with Crippen LogP contribution in [0.2, 0.25) is 5.02 Å². The van der Waals surface area contributed by atoms with Crippen LogP contribution in [0.3, 0.4) is 0 Å². The number of aliphatic hydroxyl groups excluding tert-OH is 1. The van der Waals surface area contributed by atoms with Gasteiger partial charge in [0.25, 0.3) is 5.91 Å². The van der Waals surface area contributed by atoms with Gasteiger partial charge in [-0.25, -0.2) is 4.98 Å². The third-order valence-electron chi connectivity index (χ3n) is 4.93. The average Bonchev–Trinajstić information content (AvgIpc) is 2.82. The SMILES string of the molecule is O=C(Nc1ccccc1OCC(F)(F)F)c1cccc2c1OCCN2c1ncc(CO)cc1Cl. The maximum Gasteiger partial charge on any atom is 0.422 e. The zero-order valence-corrected chi connectivity index (χ0v) is 18.4. The number of amides is 1. The second-order valence-corrected chi connectivity index (χ2v) is 7.72. The molecule has 34 heavy (non-hydrogen) atoms. The molecule has 3 aromatic rings. The van der Waals surface area contributed by atoms with E-state index in [9.17, 15) is 23.1 Å². The Morgan fingerprint density at radius 3 is 2.76 bits per heavy atom. The number of carbonyl (C=O) groups is 1. The minimum Gasteiger partial charge on any atom is -0.489 e. The van der Waals surface area contributed by atoms with Gasteiger partial charge >= 0.3 is 6.18 Å². The Hall–Kier alpha value is -3.50. The highest BCUT2D eigenvalue weighted by Gasteiger charge is 2.30. The second-order valence-electron chi connectivity index (χ2n) is 7.32. The van der Waals surface area contributed by atoms with E-state index in [2.05, 4.69) is 10.3 Å². The number of nitrogens with zero attached hydrogens (tertiary/aromatic N) is 2. The predicted molar refractivity (Wildman–Crippen MR) is 120 cm³/mol. The number of fused-ring (bicyclic) bond motifs is 1. The van der Waals surface area contributed by atoms with E-state index in [1.165, 1.54) is 24.4 Å². The summed E-state index contributed by atoms with van der Waals surface area (Å²) in [6.45, 7) is -1.04. The number of benzene rings is 2. The van der Waals surface area contributed by atoms with E-state index in [1.54, 1.807) is 35.2 Å². The van der Waals surface area contributed by atoms with Crippen molar-refractivity contribution < 1.29 is 32.5 Å². The lowest BCUT2D eigenvalue weighted by atomic mass is 10.1. The van der Waals surface area contributed by atoms with E-state index in [-0.39, 0.29) is 36.0 Å². The highest BCUT2D eigenvalue weighted by molar-refractivity contribution is 6.33. The quantitative estimate of drug-likeness (QED) is 0.505. The average molecular weight is 494 g/mol. The highest BCUT2D eigenvalue weighted by Crippen LogP contribution is 2.41. The standard InChI is InChI=1S/C23H19ClF3N3O4/c24-16-10-14(12-31)11-28-21(16)30-8-9-33-20-15(4-3-6-18(20)30)22(32)29-17-5-1-2-7-19(17)34-13-23(25,26)27/h1-7,10-11,31H,8-9,12-13H2,(H,29,32). The Labute approximate surface area is 197 Å². The van der Waals surface area contributed by atoms with Crippen LogP contribution in [-0.2, 0) is 6.61 Å². The number of ether oxygens (including phenoxy) is 2. The molecule has 178 valence electrons. The van der Waals surface area contributed by atoms with Crippen molar-refractivity contribution >= 4 is 34.7 Å². The zero-order valence-electron chi connectivity index (χ0n) is 17.6. The number of anilines is 3. The Bertz CT molecular complexity index is 1210.